The van der Waals surface area contributed by atoms with Gasteiger partial charge in [-0.25, -0.2) is 0 Å². The van der Waals surface area contributed by atoms with Crippen LogP contribution in [0.15, 0.2) is 0 Å². The van der Waals surface area contributed by atoms with E-state index in [0.717, 1.165) is 0 Å². The first-order valence-corrected chi connectivity index (χ1v) is 16.9. The Morgan fingerprint density at radius 2 is 0.765 bits per heavy atom. The van der Waals surface area contributed by atoms with Crippen LogP contribution in [0, 0.1) is 0 Å². The first-order chi connectivity index (χ1) is 7.48. The molecule has 0 aromatic carbocycles. The van der Waals surface area contributed by atoms with Crippen LogP contribution in [0.4, 0.5) is 0 Å². The second-order valence-electron chi connectivity index (χ2n) is 6.12. The van der Waals surface area contributed by atoms with Crippen molar-refractivity contribution in [1.82, 2.24) is 0 Å². The van der Waals surface area contributed by atoms with Gasteiger partial charge in [0.2, 0.25) is 0 Å². The SMILES string of the molecule is CC(C)[Si](I)(O[Si](I)(C(C)C)C(C)C)C(C)C. The number of hydrogen-bond donors (Lipinski definition) is 0. The fourth-order valence-corrected chi connectivity index (χ4v) is 20.8. The van der Waals surface area contributed by atoms with Crippen molar-refractivity contribution in [2.45, 2.75) is 77.6 Å². The second kappa shape index (κ2) is 7.03. The summed E-state index contributed by atoms with van der Waals surface area (Å²) in [6, 6.07) is 0. The summed E-state index contributed by atoms with van der Waals surface area (Å²) < 4.78 is 6.92. The Hall–Kier alpha value is 1.85. The number of hydrogen-bond acceptors (Lipinski definition) is 1. The minimum absolute atomic E-state index is 0.683. The largest absolute Gasteiger partial charge is 0.440 e. The molecule has 0 aromatic heterocycles. The van der Waals surface area contributed by atoms with Gasteiger partial charge in [-0.05, 0) is 22.2 Å². The van der Waals surface area contributed by atoms with Crippen molar-refractivity contribution < 1.29 is 4.12 Å². The van der Waals surface area contributed by atoms with Crippen molar-refractivity contribution in [3.8, 4) is 0 Å². The molecule has 0 bridgehead atoms. The highest BCUT2D eigenvalue weighted by atomic mass is 127. The van der Waals surface area contributed by atoms with Crippen LogP contribution >= 0.6 is 43.6 Å². The Bertz CT molecular complexity index is 203. The van der Waals surface area contributed by atoms with Gasteiger partial charge in [0, 0.05) is 0 Å². The molecule has 0 fully saturated rings. The predicted octanol–water partition coefficient (Wildman–Crippen LogP) is 6.40. The van der Waals surface area contributed by atoms with Gasteiger partial charge < -0.3 is 4.12 Å². The Morgan fingerprint density at radius 3 is 0.882 bits per heavy atom. The standard InChI is InChI=1S/C12H28I2OSi2/c1-9(2)16(13,10(3)4)15-17(14,11(5)6)12(7)8/h9-12H,1-8H3. The maximum absolute atomic E-state index is 6.92. The van der Waals surface area contributed by atoms with Gasteiger partial charge in [0.1, 0.15) is 0 Å². The van der Waals surface area contributed by atoms with E-state index in [1.54, 1.807) is 0 Å². The highest BCUT2D eigenvalue weighted by Crippen LogP contribution is 2.48. The van der Waals surface area contributed by atoms with Gasteiger partial charge >= 0.3 is 0 Å². The molecule has 0 heterocycles. The molecular formula is C12H28I2OSi2. The molecule has 0 amide bonds. The minimum atomic E-state index is -1.64. The van der Waals surface area contributed by atoms with Crippen molar-refractivity contribution in [1.29, 1.82) is 0 Å². The van der Waals surface area contributed by atoms with Gasteiger partial charge in [0.15, 0.2) is 0 Å². The zero-order chi connectivity index (χ0) is 14.0. The molecule has 0 saturated carbocycles. The molecule has 0 aromatic rings. The van der Waals surface area contributed by atoms with Crippen LogP contribution < -0.4 is 0 Å². The van der Waals surface area contributed by atoms with Crippen LogP contribution in [0.25, 0.3) is 0 Å². The Labute approximate surface area is 136 Å². The molecule has 0 atom stereocenters. The minimum Gasteiger partial charge on any atom is -0.440 e. The summed E-state index contributed by atoms with van der Waals surface area (Å²) in [5.74, 6) is -3.28. The maximum atomic E-state index is 6.92. The maximum Gasteiger partial charge on any atom is 0.253 e. The van der Waals surface area contributed by atoms with Gasteiger partial charge in [-0.1, -0.05) is 99.0 Å². The average molecular weight is 498 g/mol. The molecule has 0 saturated heterocycles. The lowest BCUT2D eigenvalue weighted by Crippen LogP contribution is -2.51. The summed E-state index contributed by atoms with van der Waals surface area (Å²) in [5.41, 5.74) is 2.73. The van der Waals surface area contributed by atoms with Crippen LogP contribution in [-0.2, 0) is 4.12 Å². The third kappa shape index (κ3) is 4.42. The zero-order valence-electron chi connectivity index (χ0n) is 12.5. The molecular weight excluding hydrogens is 470 g/mol. The first-order valence-electron chi connectivity index (χ1n) is 6.56. The van der Waals surface area contributed by atoms with Gasteiger partial charge in [0.25, 0.3) is 11.6 Å². The van der Waals surface area contributed by atoms with Crippen molar-refractivity contribution in [3.63, 3.8) is 0 Å². The molecule has 0 N–H and O–H groups in total. The van der Waals surface area contributed by atoms with Crippen LogP contribution in [0.5, 0.6) is 0 Å². The third-order valence-electron chi connectivity index (χ3n) is 3.46. The predicted molar refractivity (Wildman–Crippen MR) is 101 cm³/mol. The zero-order valence-corrected chi connectivity index (χ0v) is 18.8. The van der Waals surface area contributed by atoms with E-state index in [9.17, 15) is 0 Å². The molecule has 104 valence electrons. The molecule has 0 aliphatic heterocycles. The molecule has 0 spiro atoms. The quantitative estimate of drug-likeness (QED) is 0.234. The van der Waals surface area contributed by atoms with Crippen LogP contribution in [0.3, 0.4) is 0 Å². The molecule has 0 aliphatic rings. The summed E-state index contributed by atoms with van der Waals surface area (Å²) in [4.78, 5) is 0. The van der Waals surface area contributed by atoms with E-state index < -0.39 is 11.6 Å². The molecule has 0 aliphatic carbocycles. The van der Waals surface area contributed by atoms with Gasteiger partial charge in [0.05, 0.1) is 0 Å². The summed E-state index contributed by atoms with van der Waals surface area (Å²) in [6.07, 6.45) is 0. The smallest absolute Gasteiger partial charge is 0.253 e. The molecule has 1 nitrogen and oxygen atoms in total. The van der Waals surface area contributed by atoms with Crippen molar-refractivity contribution in [2.75, 3.05) is 0 Å². The third-order valence-corrected chi connectivity index (χ3v) is 31.2. The molecule has 5 heteroatoms. The normalized spacial score (nSPS) is 14.5. The number of halogens is 2. The monoisotopic (exact) mass is 498 g/mol. The van der Waals surface area contributed by atoms with Crippen molar-refractivity contribution in [3.05, 3.63) is 0 Å². The van der Waals surface area contributed by atoms with E-state index in [1.165, 1.54) is 0 Å². The van der Waals surface area contributed by atoms with E-state index in [4.69, 9.17) is 4.12 Å². The van der Waals surface area contributed by atoms with E-state index >= 15 is 0 Å². The molecule has 0 unspecified atom stereocenters. The topological polar surface area (TPSA) is 9.23 Å². The van der Waals surface area contributed by atoms with Crippen LogP contribution in [0.2, 0.25) is 22.2 Å². The summed E-state index contributed by atoms with van der Waals surface area (Å²) >= 11 is 5.39. The van der Waals surface area contributed by atoms with Gasteiger partial charge in [-0.3, -0.25) is 0 Å². The van der Waals surface area contributed by atoms with E-state index in [2.05, 4.69) is 99.0 Å². The summed E-state index contributed by atoms with van der Waals surface area (Å²) in [7, 11) is 0. The Balaban J connectivity index is 5.22. The highest BCUT2D eigenvalue weighted by molar-refractivity contribution is 14.1. The first kappa shape index (κ1) is 18.9. The number of rotatable bonds is 6. The van der Waals surface area contributed by atoms with E-state index in [1.807, 2.05) is 0 Å². The molecule has 0 rings (SSSR count). The van der Waals surface area contributed by atoms with Crippen LogP contribution in [-0.4, -0.2) is 11.6 Å². The lowest BCUT2D eigenvalue weighted by Gasteiger charge is -2.44. The highest BCUT2D eigenvalue weighted by Gasteiger charge is 2.50. The van der Waals surface area contributed by atoms with Gasteiger partial charge in [-0.15, -0.1) is 0 Å². The Kier molecular flexibility index (Phi) is 7.80. The fourth-order valence-electron chi connectivity index (χ4n) is 2.04. The van der Waals surface area contributed by atoms with E-state index in [-0.39, 0.29) is 0 Å². The second-order valence-corrected chi connectivity index (χ2v) is 24.5. The molecule has 17 heavy (non-hydrogen) atoms. The van der Waals surface area contributed by atoms with Crippen molar-refractivity contribution >= 4 is 55.2 Å². The Morgan fingerprint density at radius 1 is 0.588 bits per heavy atom. The van der Waals surface area contributed by atoms with E-state index in [0.29, 0.717) is 22.2 Å². The lowest BCUT2D eigenvalue weighted by molar-refractivity contribution is 0.510. The summed E-state index contributed by atoms with van der Waals surface area (Å²) in [5, 5.41) is 0. The molecule has 0 radical (unpaired) electrons. The summed E-state index contributed by atoms with van der Waals surface area (Å²) in [6.45, 7) is 18.7. The average Bonchev–Trinajstić information content (AvgIpc) is 2.15. The van der Waals surface area contributed by atoms with Crippen molar-refractivity contribution in [2.24, 2.45) is 0 Å². The lowest BCUT2D eigenvalue weighted by atomic mass is 10.5. The van der Waals surface area contributed by atoms with Crippen LogP contribution in [0.1, 0.15) is 55.4 Å². The fraction of sp³-hybridized carbons (Fsp3) is 1.00. The van der Waals surface area contributed by atoms with Gasteiger partial charge in [-0.2, -0.15) is 0 Å².